The summed E-state index contributed by atoms with van der Waals surface area (Å²) in [6, 6.07) is 3.56. The monoisotopic (exact) mass is 406 g/mol. The topological polar surface area (TPSA) is 133 Å². The standard InChI is InChI=1S/C21H26N8O/c1-13-15(7-8-16(27-13)19(23)26-12-22)17-9-24-20-21(28-17)29(18(30)10-25-20)11-14-5-3-2-4-6-14/h7-9,12,14H,2-6,10-11H2,1H3,(H,24,25)(H3,22,23,26). The van der Waals surface area contributed by atoms with Crippen molar-refractivity contribution in [2.24, 2.45) is 16.6 Å². The van der Waals surface area contributed by atoms with E-state index in [4.69, 9.17) is 16.1 Å². The van der Waals surface area contributed by atoms with E-state index in [1.165, 1.54) is 19.3 Å². The van der Waals surface area contributed by atoms with Gasteiger partial charge in [0.25, 0.3) is 0 Å². The zero-order valence-electron chi connectivity index (χ0n) is 17.1. The molecule has 9 nitrogen and oxygen atoms in total. The van der Waals surface area contributed by atoms with Gasteiger partial charge in [0.05, 0.1) is 24.8 Å². The van der Waals surface area contributed by atoms with Crippen LogP contribution in [0, 0.1) is 18.3 Å². The highest BCUT2D eigenvalue weighted by molar-refractivity contribution is 6.01. The van der Waals surface area contributed by atoms with Crippen molar-refractivity contribution in [3.63, 3.8) is 0 Å². The van der Waals surface area contributed by atoms with Crippen molar-refractivity contribution < 1.29 is 4.79 Å². The van der Waals surface area contributed by atoms with Crippen LogP contribution in [0.15, 0.2) is 23.3 Å². The summed E-state index contributed by atoms with van der Waals surface area (Å²) in [6.45, 7) is 2.78. The van der Waals surface area contributed by atoms with Crippen molar-refractivity contribution in [2.75, 3.05) is 23.3 Å². The molecule has 0 aromatic carbocycles. The predicted octanol–water partition coefficient (Wildman–Crippen LogP) is 2.50. The molecule has 156 valence electrons. The van der Waals surface area contributed by atoms with Crippen LogP contribution in [0.4, 0.5) is 11.6 Å². The quantitative estimate of drug-likeness (QED) is 0.528. The Labute approximate surface area is 175 Å². The summed E-state index contributed by atoms with van der Waals surface area (Å²) in [6.07, 6.45) is 8.81. The number of hydrogen-bond donors (Lipinski definition) is 3. The molecule has 2 aromatic rings. The zero-order chi connectivity index (χ0) is 21.1. The molecule has 2 aromatic heterocycles. The van der Waals surface area contributed by atoms with Crippen LogP contribution in [0.5, 0.6) is 0 Å². The second-order valence-electron chi connectivity index (χ2n) is 7.75. The highest BCUT2D eigenvalue weighted by atomic mass is 16.2. The lowest BCUT2D eigenvalue weighted by Gasteiger charge is -2.33. The van der Waals surface area contributed by atoms with E-state index < -0.39 is 0 Å². The van der Waals surface area contributed by atoms with Crippen molar-refractivity contribution in [2.45, 2.75) is 39.0 Å². The third kappa shape index (κ3) is 4.00. The van der Waals surface area contributed by atoms with E-state index >= 15 is 0 Å². The maximum Gasteiger partial charge on any atom is 0.247 e. The lowest BCUT2D eigenvalue weighted by Crippen LogP contribution is -2.43. The molecular weight excluding hydrogens is 380 g/mol. The van der Waals surface area contributed by atoms with Gasteiger partial charge in [0, 0.05) is 17.8 Å². The summed E-state index contributed by atoms with van der Waals surface area (Å²) >= 11 is 0. The third-order valence-electron chi connectivity index (χ3n) is 5.69. The third-order valence-corrected chi connectivity index (χ3v) is 5.69. The highest BCUT2D eigenvalue weighted by Gasteiger charge is 2.29. The van der Waals surface area contributed by atoms with Crippen LogP contribution < -0.4 is 16.0 Å². The first-order valence-electron chi connectivity index (χ1n) is 10.3. The maximum atomic E-state index is 12.7. The van der Waals surface area contributed by atoms with Gasteiger partial charge >= 0.3 is 0 Å². The van der Waals surface area contributed by atoms with Crippen LogP contribution >= 0.6 is 0 Å². The van der Waals surface area contributed by atoms with Gasteiger partial charge in [-0.2, -0.15) is 0 Å². The van der Waals surface area contributed by atoms with Gasteiger partial charge < -0.3 is 11.1 Å². The molecule has 0 unspecified atom stereocenters. The summed E-state index contributed by atoms with van der Waals surface area (Å²) < 4.78 is 0. The number of amides is 1. The molecule has 30 heavy (non-hydrogen) atoms. The first-order chi connectivity index (χ1) is 14.6. The van der Waals surface area contributed by atoms with Crippen molar-refractivity contribution in [1.29, 1.82) is 5.41 Å². The molecule has 9 heteroatoms. The summed E-state index contributed by atoms with van der Waals surface area (Å²) in [5.41, 5.74) is 7.84. The van der Waals surface area contributed by atoms with Crippen LogP contribution in [-0.4, -0.2) is 46.1 Å². The molecule has 1 aliphatic carbocycles. The number of aliphatic imine (C=N–C) groups is 1. The number of carbonyl (C=O) groups excluding carboxylic acids is 1. The smallest absolute Gasteiger partial charge is 0.247 e. The number of fused-ring (bicyclic) bond motifs is 1. The van der Waals surface area contributed by atoms with Crippen LogP contribution in [0.25, 0.3) is 11.3 Å². The minimum absolute atomic E-state index is 0.00266. The number of aromatic nitrogens is 3. The van der Waals surface area contributed by atoms with Gasteiger partial charge in [-0.15, -0.1) is 0 Å². The van der Waals surface area contributed by atoms with E-state index in [0.717, 1.165) is 24.7 Å². The Hall–Kier alpha value is -3.36. The normalized spacial score (nSPS) is 17.1. The summed E-state index contributed by atoms with van der Waals surface area (Å²) in [5.74, 6) is 1.75. The number of rotatable bonds is 4. The lowest BCUT2D eigenvalue weighted by atomic mass is 9.89. The largest absolute Gasteiger partial charge is 0.390 e. The molecule has 1 amide bonds. The van der Waals surface area contributed by atoms with Crippen LogP contribution in [0.3, 0.4) is 0 Å². The van der Waals surface area contributed by atoms with Crippen LogP contribution in [0.2, 0.25) is 0 Å². The van der Waals surface area contributed by atoms with Gasteiger partial charge in [-0.3, -0.25) is 15.1 Å². The predicted molar refractivity (Wildman–Crippen MR) is 117 cm³/mol. The molecule has 4 N–H and O–H groups in total. The first kappa shape index (κ1) is 19.9. The molecule has 0 atom stereocenters. The molecule has 4 rings (SSSR count). The number of amidine groups is 1. The fourth-order valence-electron chi connectivity index (χ4n) is 4.12. The molecule has 0 radical (unpaired) electrons. The number of anilines is 2. The maximum absolute atomic E-state index is 12.7. The Kier molecular flexibility index (Phi) is 5.69. The van der Waals surface area contributed by atoms with Gasteiger partial charge in [0.1, 0.15) is 5.69 Å². The number of aryl methyl sites for hydroxylation is 1. The second-order valence-corrected chi connectivity index (χ2v) is 7.75. The van der Waals surface area contributed by atoms with E-state index in [0.29, 0.717) is 41.2 Å². The summed E-state index contributed by atoms with van der Waals surface area (Å²) in [4.78, 5) is 32.0. The first-order valence-corrected chi connectivity index (χ1v) is 10.3. The molecule has 0 bridgehead atoms. The van der Waals surface area contributed by atoms with E-state index in [-0.39, 0.29) is 18.3 Å². The SMILES string of the molecule is Cc1nc(C(=N)/N=C\N)ccc1-c1cnc2c(n1)N(CC1CCCCC1)C(=O)CN2. The molecule has 0 saturated heterocycles. The number of nitrogens with one attached hydrogen (secondary N) is 2. The average molecular weight is 406 g/mol. The van der Waals surface area contributed by atoms with Crippen molar-refractivity contribution >= 4 is 29.7 Å². The van der Waals surface area contributed by atoms with Crippen molar-refractivity contribution in [3.8, 4) is 11.3 Å². The molecular formula is C21H26N8O. The summed E-state index contributed by atoms with van der Waals surface area (Å²) in [7, 11) is 0. The van der Waals surface area contributed by atoms with E-state index in [1.807, 2.05) is 13.0 Å². The molecule has 1 aliphatic heterocycles. The van der Waals surface area contributed by atoms with E-state index in [2.05, 4.69) is 20.3 Å². The summed E-state index contributed by atoms with van der Waals surface area (Å²) in [5, 5.41) is 11.0. The van der Waals surface area contributed by atoms with E-state index in [1.54, 1.807) is 17.2 Å². The minimum Gasteiger partial charge on any atom is -0.390 e. The number of nitrogens with zero attached hydrogens (tertiary/aromatic N) is 5. The molecule has 1 fully saturated rings. The van der Waals surface area contributed by atoms with Crippen molar-refractivity contribution in [3.05, 3.63) is 29.7 Å². The molecule has 0 spiro atoms. The van der Waals surface area contributed by atoms with Crippen LogP contribution in [-0.2, 0) is 4.79 Å². The van der Waals surface area contributed by atoms with Crippen molar-refractivity contribution in [1.82, 2.24) is 15.0 Å². The van der Waals surface area contributed by atoms with Gasteiger partial charge in [-0.1, -0.05) is 19.3 Å². The highest BCUT2D eigenvalue weighted by Crippen LogP contribution is 2.32. The zero-order valence-corrected chi connectivity index (χ0v) is 17.1. The number of nitrogens with two attached hydrogens (primary N) is 1. The van der Waals surface area contributed by atoms with Gasteiger partial charge in [-0.25, -0.2) is 19.9 Å². The van der Waals surface area contributed by atoms with Gasteiger partial charge in [-0.05, 0) is 37.8 Å². The fourth-order valence-corrected chi connectivity index (χ4v) is 4.12. The lowest BCUT2D eigenvalue weighted by molar-refractivity contribution is -0.117. The Bertz CT molecular complexity index is 996. The molecule has 3 heterocycles. The Morgan fingerprint density at radius 1 is 1.33 bits per heavy atom. The fraction of sp³-hybridized carbons (Fsp3) is 0.429. The average Bonchev–Trinajstić information content (AvgIpc) is 2.76. The number of pyridine rings is 1. The molecule has 1 saturated carbocycles. The van der Waals surface area contributed by atoms with Crippen LogP contribution in [0.1, 0.15) is 43.5 Å². The second kappa shape index (κ2) is 8.56. The number of carbonyl (C=O) groups is 1. The van der Waals surface area contributed by atoms with Gasteiger partial charge in [0.2, 0.25) is 5.91 Å². The minimum atomic E-state index is -0.00266. The molecule has 2 aliphatic rings. The number of hydrogen-bond acceptors (Lipinski definition) is 6. The Balaban J connectivity index is 1.65. The Morgan fingerprint density at radius 3 is 2.87 bits per heavy atom. The van der Waals surface area contributed by atoms with E-state index in [9.17, 15) is 4.79 Å². The van der Waals surface area contributed by atoms with Gasteiger partial charge in [0.15, 0.2) is 17.5 Å². The Morgan fingerprint density at radius 2 is 2.13 bits per heavy atom.